The summed E-state index contributed by atoms with van der Waals surface area (Å²) in [6.07, 6.45) is 3.04. The highest BCUT2D eigenvalue weighted by Gasteiger charge is 2.91. The van der Waals surface area contributed by atoms with Gasteiger partial charge in [0.2, 0.25) is 0 Å². The van der Waals surface area contributed by atoms with Gasteiger partial charge in [-0.05, 0) is 38.0 Å². The van der Waals surface area contributed by atoms with Crippen LogP contribution in [0.15, 0.2) is 0 Å². The number of epoxide rings is 2. The summed E-state index contributed by atoms with van der Waals surface area (Å²) in [6.45, 7) is 3.88. The van der Waals surface area contributed by atoms with Gasteiger partial charge in [-0.2, -0.15) is 0 Å². The standard InChI is InChI=1S/C22H26O8/c1-10(23)29-20-5-4-12-19(7-20,8-21(20)9-27-21)13(16(24)26-3)14-18(2)15-11(28-15)6-22(12,14)30-17(18)25/h11-15H,4-9H2,1-3H3/t11-,12?,13-,14?,15-,18-,19-,20+,21+,22-/m1/s1. The smallest absolute Gasteiger partial charge is 0.315 e. The van der Waals surface area contributed by atoms with Crippen molar-refractivity contribution in [3.05, 3.63) is 0 Å². The number of carbonyl (C=O) groups is 3. The lowest BCUT2D eigenvalue weighted by Crippen LogP contribution is -2.51. The predicted molar refractivity (Wildman–Crippen MR) is 96.8 cm³/mol. The van der Waals surface area contributed by atoms with Crippen molar-refractivity contribution < 1.29 is 38.1 Å². The van der Waals surface area contributed by atoms with Crippen LogP contribution in [-0.4, -0.2) is 60.6 Å². The third kappa shape index (κ3) is 1.58. The Morgan fingerprint density at radius 1 is 1.23 bits per heavy atom. The van der Waals surface area contributed by atoms with Crippen LogP contribution in [0, 0.1) is 28.6 Å². The topological polar surface area (TPSA) is 104 Å². The number of fused-ring (bicyclic) bond motifs is 4. The van der Waals surface area contributed by atoms with Crippen molar-refractivity contribution in [2.24, 2.45) is 28.6 Å². The van der Waals surface area contributed by atoms with Gasteiger partial charge in [0.25, 0.3) is 0 Å². The van der Waals surface area contributed by atoms with Gasteiger partial charge in [-0.15, -0.1) is 0 Å². The van der Waals surface area contributed by atoms with Crippen LogP contribution in [0.4, 0.5) is 0 Å². The zero-order valence-electron chi connectivity index (χ0n) is 17.4. The Bertz CT molecular complexity index is 926. The third-order valence-electron chi connectivity index (χ3n) is 10.0. The van der Waals surface area contributed by atoms with Crippen molar-refractivity contribution in [1.29, 1.82) is 0 Å². The zero-order valence-corrected chi connectivity index (χ0v) is 17.4. The number of esters is 3. The summed E-state index contributed by atoms with van der Waals surface area (Å²) < 4.78 is 29.5. The molecule has 0 amide bonds. The average molecular weight is 418 g/mol. The van der Waals surface area contributed by atoms with E-state index in [0.717, 1.165) is 6.42 Å². The lowest BCUT2D eigenvalue weighted by Gasteiger charge is -2.46. The molecule has 0 radical (unpaired) electrons. The molecule has 8 heteroatoms. The number of hydrogen-bond donors (Lipinski definition) is 0. The summed E-state index contributed by atoms with van der Waals surface area (Å²) in [5.41, 5.74) is -3.29. The van der Waals surface area contributed by atoms with Crippen LogP contribution < -0.4 is 0 Å². The zero-order chi connectivity index (χ0) is 20.9. The molecular weight excluding hydrogens is 392 g/mol. The number of rotatable bonds is 2. The van der Waals surface area contributed by atoms with E-state index in [1.807, 2.05) is 6.92 Å². The fraction of sp³-hybridized carbons (Fsp3) is 0.864. The molecule has 30 heavy (non-hydrogen) atoms. The molecule has 0 N–H and O–H groups in total. The van der Waals surface area contributed by atoms with E-state index in [1.165, 1.54) is 14.0 Å². The molecule has 7 aliphatic rings. The maximum absolute atomic E-state index is 13.4. The highest BCUT2D eigenvalue weighted by atomic mass is 16.6. The summed E-state index contributed by atoms with van der Waals surface area (Å²) in [6, 6.07) is 0. The fourth-order valence-electron chi connectivity index (χ4n) is 9.22. The number of ether oxygens (including phenoxy) is 5. The van der Waals surface area contributed by atoms with E-state index in [9.17, 15) is 14.4 Å². The first-order valence-electron chi connectivity index (χ1n) is 11.0. The minimum Gasteiger partial charge on any atom is -0.469 e. The van der Waals surface area contributed by atoms with E-state index in [1.54, 1.807) is 0 Å². The maximum atomic E-state index is 13.4. The molecule has 3 aliphatic heterocycles. The molecular formula is C22H26O8. The maximum Gasteiger partial charge on any atom is 0.315 e. The van der Waals surface area contributed by atoms with Crippen LogP contribution in [0.25, 0.3) is 0 Å². The Labute approximate surface area is 173 Å². The third-order valence-corrected chi connectivity index (χ3v) is 10.0. The van der Waals surface area contributed by atoms with Gasteiger partial charge in [-0.25, -0.2) is 0 Å². The van der Waals surface area contributed by atoms with E-state index in [2.05, 4.69) is 0 Å². The number of methoxy groups -OCH3 is 1. The fourth-order valence-corrected chi connectivity index (χ4v) is 9.22. The Morgan fingerprint density at radius 3 is 2.67 bits per heavy atom. The summed E-state index contributed by atoms with van der Waals surface area (Å²) in [5.74, 6) is -1.66. The van der Waals surface area contributed by atoms with Crippen LogP contribution in [-0.2, 0) is 38.1 Å². The van der Waals surface area contributed by atoms with Crippen LogP contribution in [0.2, 0.25) is 0 Å². The molecule has 2 spiro atoms. The minimum atomic E-state index is -0.849. The van der Waals surface area contributed by atoms with Crippen LogP contribution in [0.3, 0.4) is 0 Å². The van der Waals surface area contributed by atoms with Crippen molar-refractivity contribution in [3.8, 4) is 0 Å². The molecule has 8 nitrogen and oxygen atoms in total. The lowest BCUT2D eigenvalue weighted by atomic mass is 9.60. The second-order valence-electron chi connectivity index (χ2n) is 11.0. The Hall–Kier alpha value is -1.67. The number of hydrogen-bond acceptors (Lipinski definition) is 8. The Morgan fingerprint density at radius 2 is 2.00 bits per heavy atom. The van der Waals surface area contributed by atoms with E-state index in [0.29, 0.717) is 32.3 Å². The first-order chi connectivity index (χ1) is 14.2. The van der Waals surface area contributed by atoms with Crippen LogP contribution in [0.5, 0.6) is 0 Å². The van der Waals surface area contributed by atoms with Gasteiger partial charge < -0.3 is 23.7 Å². The predicted octanol–water partition coefficient (Wildman–Crippen LogP) is 1.14. The quantitative estimate of drug-likeness (QED) is 0.374. The van der Waals surface area contributed by atoms with Crippen molar-refractivity contribution in [1.82, 2.24) is 0 Å². The summed E-state index contributed by atoms with van der Waals surface area (Å²) in [4.78, 5) is 38.6. The Kier molecular flexibility index (Phi) is 2.83. The summed E-state index contributed by atoms with van der Waals surface area (Å²) in [5, 5.41) is 0. The monoisotopic (exact) mass is 418 g/mol. The molecule has 3 saturated heterocycles. The molecule has 0 aromatic rings. The molecule has 4 bridgehead atoms. The summed E-state index contributed by atoms with van der Waals surface area (Å²) >= 11 is 0. The molecule has 162 valence electrons. The minimum absolute atomic E-state index is 0.00211. The van der Waals surface area contributed by atoms with Crippen LogP contribution >= 0.6 is 0 Å². The van der Waals surface area contributed by atoms with E-state index in [-0.39, 0.29) is 42.0 Å². The van der Waals surface area contributed by atoms with Gasteiger partial charge in [0.15, 0.2) is 0 Å². The normalized spacial score (nSPS) is 60.4. The molecule has 0 aromatic carbocycles. The van der Waals surface area contributed by atoms with Gasteiger partial charge in [-0.1, -0.05) is 0 Å². The largest absolute Gasteiger partial charge is 0.469 e. The van der Waals surface area contributed by atoms with Gasteiger partial charge >= 0.3 is 17.9 Å². The second kappa shape index (κ2) is 4.72. The molecule has 4 aliphatic carbocycles. The van der Waals surface area contributed by atoms with Crippen molar-refractivity contribution in [2.75, 3.05) is 13.7 Å². The highest BCUT2D eigenvalue weighted by molar-refractivity contribution is 5.86. The van der Waals surface area contributed by atoms with Crippen molar-refractivity contribution in [3.63, 3.8) is 0 Å². The van der Waals surface area contributed by atoms with Gasteiger partial charge in [-0.3, -0.25) is 14.4 Å². The average Bonchev–Trinajstić information content (AvgIpc) is 3.56. The van der Waals surface area contributed by atoms with Crippen molar-refractivity contribution >= 4 is 17.9 Å². The van der Waals surface area contributed by atoms with Crippen LogP contribution in [0.1, 0.15) is 46.0 Å². The molecule has 0 aromatic heterocycles. The molecule has 7 fully saturated rings. The first kappa shape index (κ1) is 18.0. The van der Waals surface area contributed by atoms with Crippen molar-refractivity contribution in [2.45, 2.75) is 75.0 Å². The number of carbonyl (C=O) groups excluding carboxylic acids is 3. The van der Waals surface area contributed by atoms with E-state index in [4.69, 9.17) is 23.7 Å². The lowest BCUT2D eigenvalue weighted by molar-refractivity contribution is -0.175. The summed E-state index contributed by atoms with van der Waals surface area (Å²) in [7, 11) is 1.41. The van der Waals surface area contributed by atoms with E-state index < -0.39 is 33.6 Å². The highest BCUT2D eigenvalue weighted by Crippen LogP contribution is 2.82. The van der Waals surface area contributed by atoms with Gasteiger partial charge in [0, 0.05) is 25.2 Å². The molecule has 3 heterocycles. The molecule has 10 atom stereocenters. The SMILES string of the molecule is COC(=O)[C@H]1C2[C@@]3(C[C@H]4O[C@H]4[C@]2(C)C(=O)O3)C2CC[C@]3(OC(C)=O)C[C@@]21C[C@]31CO1. The first-order valence-corrected chi connectivity index (χ1v) is 11.0. The second-order valence-corrected chi connectivity index (χ2v) is 11.0. The Balaban J connectivity index is 1.43. The molecule has 4 saturated carbocycles. The molecule has 2 unspecified atom stereocenters. The molecule has 7 rings (SSSR count). The van der Waals surface area contributed by atoms with E-state index >= 15 is 0 Å². The van der Waals surface area contributed by atoms with Gasteiger partial charge in [0.1, 0.15) is 28.3 Å². The van der Waals surface area contributed by atoms with Gasteiger partial charge in [0.05, 0.1) is 25.7 Å².